The minimum atomic E-state index is -0.295. The number of hydrogen-bond acceptors (Lipinski definition) is 3. The predicted molar refractivity (Wildman–Crippen MR) is 107 cm³/mol. The van der Waals surface area contributed by atoms with Crippen LogP contribution in [0.4, 0.5) is 5.69 Å². The lowest BCUT2D eigenvalue weighted by atomic mass is 10.2. The Bertz CT molecular complexity index is 856. The second-order valence-corrected chi connectivity index (χ2v) is 7.30. The van der Waals surface area contributed by atoms with Crippen molar-refractivity contribution in [1.29, 1.82) is 0 Å². The molecule has 2 aromatic carbocycles. The number of carbonyl (C=O) groups is 2. The van der Waals surface area contributed by atoms with Crippen LogP contribution >= 0.6 is 34.8 Å². The van der Waals surface area contributed by atoms with E-state index in [0.717, 1.165) is 24.2 Å². The molecule has 1 aliphatic heterocycles. The lowest BCUT2D eigenvalue weighted by Gasteiger charge is -2.16. The zero-order valence-corrected chi connectivity index (χ0v) is 16.6. The number of rotatable bonds is 6. The average Bonchev–Trinajstić information content (AvgIpc) is 3.08. The molecule has 5 nitrogen and oxygen atoms in total. The van der Waals surface area contributed by atoms with E-state index >= 15 is 0 Å². The molecule has 0 unspecified atom stereocenters. The summed E-state index contributed by atoms with van der Waals surface area (Å²) in [5, 5.41) is 3.66. The van der Waals surface area contributed by atoms with E-state index in [-0.39, 0.29) is 23.4 Å². The third-order valence-corrected chi connectivity index (χ3v) is 5.16. The van der Waals surface area contributed by atoms with E-state index in [1.54, 1.807) is 4.90 Å². The molecule has 0 spiro atoms. The lowest BCUT2D eigenvalue weighted by molar-refractivity contribution is -0.123. The van der Waals surface area contributed by atoms with Crippen molar-refractivity contribution in [3.05, 3.63) is 57.0 Å². The molecule has 0 aromatic heterocycles. The average molecular weight is 428 g/mol. The molecular formula is C19H17Cl3N2O3. The molecule has 2 amide bonds. The van der Waals surface area contributed by atoms with Crippen molar-refractivity contribution in [2.75, 3.05) is 18.1 Å². The Labute approximate surface area is 172 Å². The quantitative estimate of drug-likeness (QED) is 0.692. The summed E-state index contributed by atoms with van der Waals surface area (Å²) in [5.74, 6) is 0.144. The fourth-order valence-electron chi connectivity index (χ4n) is 2.72. The summed E-state index contributed by atoms with van der Waals surface area (Å²) in [6.07, 6.45) is 1.49. The van der Waals surface area contributed by atoms with Gasteiger partial charge in [0.1, 0.15) is 5.75 Å². The zero-order valence-electron chi connectivity index (χ0n) is 14.3. The van der Waals surface area contributed by atoms with Crippen LogP contribution in [0.25, 0.3) is 0 Å². The number of carbonyl (C=O) groups excluding carboxylic acids is 2. The maximum atomic E-state index is 12.0. The summed E-state index contributed by atoms with van der Waals surface area (Å²) in [6, 6.07) is 10.5. The van der Waals surface area contributed by atoms with E-state index in [0.29, 0.717) is 28.8 Å². The first-order chi connectivity index (χ1) is 12.9. The summed E-state index contributed by atoms with van der Waals surface area (Å²) in [7, 11) is 0. The Kier molecular flexibility index (Phi) is 6.47. The normalized spacial score (nSPS) is 13.7. The van der Waals surface area contributed by atoms with Gasteiger partial charge in [0.15, 0.2) is 6.61 Å². The summed E-state index contributed by atoms with van der Waals surface area (Å²) in [6.45, 7) is 0.910. The Morgan fingerprint density at radius 2 is 1.78 bits per heavy atom. The molecule has 8 heteroatoms. The molecule has 1 heterocycles. The van der Waals surface area contributed by atoms with Crippen LogP contribution in [0.1, 0.15) is 18.4 Å². The van der Waals surface area contributed by atoms with Gasteiger partial charge in [-0.2, -0.15) is 0 Å². The molecule has 2 aromatic rings. The van der Waals surface area contributed by atoms with Crippen LogP contribution in [0.15, 0.2) is 36.4 Å². The van der Waals surface area contributed by atoms with Gasteiger partial charge in [0.25, 0.3) is 5.91 Å². The molecule has 0 bridgehead atoms. The number of hydrogen-bond donors (Lipinski definition) is 1. The number of amides is 2. The maximum absolute atomic E-state index is 12.0. The zero-order chi connectivity index (χ0) is 19.4. The molecule has 0 aliphatic carbocycles. The van der Waals surface area contributed by atoms with Crippen molar-refractivity contribution in [3.8, 4) is 5.75 Å². The first-order valence-electron chi connectivity index (χ1n) is 8.37. The number of halogens is 3. The van der Waals surface area contributed by atoms with E-state index in [2.05, 4.69) is 5.32 Å². The van der Waals surface area contributed by atoms with E-state index in [9.17, 15) is 9.59 Å². The first-order valence-corrected chi connectivity index (χ1v) is 9.51. The molecule has 1 fully saturated rings. The fraction of sp³-hybridized carbons (Fsp3) is 0.263. The van der Waals surface area contributed by atoms with Gasteiger partial charge in [-0.1, -0.05) is 46.9 Å². The monoisotopic (exact) mass is 426 g/mol. The van der Waals surface area contributed by atoms with Crippen LogP contribution in [0.3, 0.4) is 0 Å². The van der Waals surface area contributed by atoms with Crippen LogP contribution in [0.2, 0.25) is 15.1 Å². The molecule has 142 valence electrons. The van der Waals surface area contributed by atoms with Gasteiger partial charge in [-0.05, 0) is 30.2 Å². The third kappa shape index (κ3) is 5.06. The van der Waals surface area contributed by atoms with Gasteiger partial charge in [-0.15, -0.1) is 0 Å². The standard InChI is InChI=1S/C19H17Cl3N2O3/c20-14-8-16(22)17(9-15(14)21)27-11-18(25)23-10-12-3-5-13(6-4-12)24-7-1-2-19(24)26/h3-6,8-9H,1-2,7,10-11H2,(H,23,25). The Hall–Kier alpha value is -1.95. The molecular weight excluding hydrogens is 411 g/mol. The summed E-state index contributed by atoms with van der Waals surface area (Å²) in [5.41, 5.74) is 1.80. The van der Waals surface area contributed by atoms with E-state index in [1.165, 1.54) is 12.1 Å². The maximum Gasteiger partial charge on any atom is 0.258 e. The highest BCUT2D eigenvalue weighted by molar-refractivity contribution is 6.43. The Morgan fingerprint density at radius 3 is 2.44 bits per heavy atom. The largest absolute Gasteiger partial charge is 0.482 e. The second-order valence-electron chi connectivity index (χ2n) is 6.08. The van der Waals surface area contributed by atoms with Crippen molar-refractivity contribution in [1.82, 2.24) is 5.32 Å². The summed E-state index contributed by atoms with van der Waals surface area (Å²) < 4.78 is 5.39. The van der Waals surface area contributed by atoms with Crippen molar-refractivity contribution < 1.29 is 14.3 Å². The van der Waals surface area contributed by atoms with Gasteiger partial charge in [-0.3, -0.25) is 9.59 Å². The van der Waals surface area contributed by atoms with Crippen molar-refractivity contribution in [3.63, 3.8) is 0 Å². The number of nitrogens with one attached hydrogen (secondary N) is 1. The molecule has 1 saturated heterocycles. The van der Waals surface area contributed by atoms with Gasteiger partial charge in [0, 0.05) is 31.3 Å². The van der Waals surface area contributed by atoms with E-state index in [4.69, 9.17) is 39.5 Å². The SMILES string of the molecule is O=C(COc1cc(Cl)c(Cl)cc1Cl)NCc1ccc(N2CCCC2=O)cc1. The van der Waals surface area contributed by atoms with Crippen LogP contribution in [-0.4, -0.2) is 25.0 Å². The van der Waals surface area contributed by atoms with Crippen molar-refractivity contribution in [2.45, 2.75) is 19.4 Å². The summed E-state index contributed by atoms with van der Waals surface area (Å²) >= 11 is 17.8. The minimum absolute atomic E-state index is 0.147. The van der Waals surface area contributed by atoms with Crippen molar-refractivity contribution >= 4 is 52.3 Å². The topological polar surface area (TPSA) is 58.6 Å². The molecule has 1 N–H and O–H groups in total. The van der Waals surface area contributed by atoms with Gasteiger partial charge in [0.05, 0.1) is 15.1 Å². The Morgan fingerprint density at radius 1 is 1.07 bits per heavy atom. The Balaban J connectivity index is 1.49. The van der Waals surface area contributed by atoms with Gasteiger partial charge < -0.3 is 15.0 Å². The third-order valence-electron chi connectivity index (χ3n) is 4.14. The fourth-order valence-corrected chi connectivity index (χ4v) is 3.32. The van der Waals surface area contributed by atoms with Crippen LogP contribution in [0.5, 0.6) is 5.75 Å². The molecule has 3 rings (SSSR count). The molecule has 27 heavy (non-hydrogen) atoms. The predicted octanol–water partition coefficient (Wildman–Crippen LogP) is 4.47. The highest BCUT2D eigenvalue weighted by Gasteiger charge is 2.21. The van der Waals surface area contributed by atoms with Crippen LogP contribution < -0.4 is 15.0 Å². The molecule has 1 aliphatic rings. The van der Waals surface area contributed by atoms with Crippen LogP contribution in [-0.2, 0) is 16.1 Å². The van der Waals surface area contributed by atoms with Crippen molar-refractivity contribution in [2.24, 2.45) is 0 Å². The molecule has 0 saturated carbocycles. The number of nitrogens with zero attached hydrogens (tertiary/aromatic N) is 1. The number of benzene rings is 2. The highest BCUT2D eigenvalue weighted by atomic mass is 35.5. The summed E-state index contributed by atoms with van der Waals surface area (Å²) in [4.78, 5) is 25.5. The molecule has 0 radical (unpaired) electrons. The van der Waals surface area contributed by atoms with Gasteiger partial charge in [-0.25, -0.2) is 0 Å². The number of ether oxygens (including phenoxy) is 1. The van der Waals surface area contributed by atoms with Gasteiger partial charge >= 0.3 is 0 Å². The van der Waals surface area contributed by atoms with Gasteiger partial charge in [0.2, 0.25) is 5.91 Å². The highest BCUT2D eigenvalue weighted by Crippen LogP contribution is 2.33. The first kappa shape index (κ1) is 19.8. The van der Waals surface area contributed by atoms with E-state index in [1.807, 2.05) is 24.3 Å². The lowest BCUT2D eigenvalue weighted by Crippen LogP contribution is -2.28. The number of anilines is 1. The molecule has 0 atom stereocenters. The van der Waals surface area contributed by atoms with Crippen LogP contribution in [0, 0.1) is 0 Å². The van der Waals surface area contributed by atoms with E-state index < -0.39 is 0 Å². The second kappa shape index (κ2) is 8.83. The smallest absolute Gasteiger partial charge is 0.258 e. The minimum Gasteiger partial charge on any atom is -0.482 e.